The fourth-order valence-electron chi connectivity index (χ4n) is 1.36. The first-order valence-electron chi connectivity index (χ1n) is 6.48. The molecule has 0 atom stereocenters. The van der Waals surface area contributed by atoms with Crippen LogP contribution in [0.25, 0.3) is 0 Å². The van der Waals surface area contributed by atoms with Gasteiger partial charge in [-0.15, -0.1) is 0 Å². The van der Waals surface area contributed by atoms with Crippen LogP contribution in [-0.2, 0) is 11.3 Å². The van der Waals surface area contributed by atoms with Crippen LogP contribution in [0.1, 0.15) is 32.9 Å². The maximum atomic E-state index is 5.48. The van der Waals surface area contributed by atoms with Crippen LogP contribution in [0.2, 0.25) is 0 Å². The molecule has 0 radical (unpaired) electrons. The van der Waals surface area contributed by atoms with Gasteiger partial charge in [-0.2, -0.15) is 0 Å². The zero-order chi connectivity index (χ0) is 13.2. The molecule has 18 heavy (non-hydrogen) atoms. The molecule has 0 aliphatic rings. The van der Waals surface area contributed by atoms with Crippen LogP contribution in [-0.4, -0.2) is 35.8 Å². The molecule has 1 aromatic rings. The molecule has 0 fully saturated rings. The number of hydrogen-bond donors (Lipinski definition) is 1. The molecule has 0 saturated carbocycles. The normalized spacial score (nSPS) is 10.9. The number of aromatic nitrogens is 2. The van der Waals surface area contributed by atoms with Gasteiger partial charge in [-0.1, -0.05) is 6.92 Å². The SMILES string of the molecule is CCCNCc1cncc(OCCOC(C)C)n1. The fraction of sp³-hybridized carbons (Fsp3) is 0.692. The summed E-state index contributed by atoms with van der Waals surface area (Å²) in [6.07, 6.45) is 4.71. The van der Waals surface area contributed by atoms with Crippen molar-refractivity contribution in [2.45, 2.75) is 39.8 Å². The Balaban J connectivity index is 2.30. The molecule has 0 aliphatic heterocycles. The molecule has 102 valence electrons. The molecule has 0 aromatic carbocycles. The fourth-order valence-corrected chi connectivity index (χ4v) is 1.36. The van der Waals surface area contributed by atoms with E-state index in [1.165, 1.54) is 0 Å². The van der Waals surface area contributed by atoms with Gasteiger partial charge in [-0.3, -0.25) is 4.98 Å². The predicted octanol–water partition coefficient (Wildman–Crippen LogP) is 1.78. The van der Waals surface area contributed by atoms with Gasteiger partial charge in [0.2, 0.25) is 5.88 Å². The molecular formula is C13H23N3O2. The average Bonchev–Trinajstić information content (AvgIpc) is 2.35. The summed E-state index contributed by atoms with van der Waals surface area (Å²) in [4.78, 5) is 8.47. The quantitative estimate of drug-likeness (QED) is 0.680. The lowest BCUT2D eigenvalue weighted by molar-refractivity contribution is 0.0541. The van der Waals surface area contributed by atoms with E-state index >= 15 is 0 Å². The maximum absolute atomic E-state index is 5.48. The minimum Gasteiger partial charge on any atom is -0.474 e. The Labute approximate surface area is 109 Å². The summed E-state index contributed by atoms with van der Waals surface area (Å²) in [5.74, 6) is 0.554. The molecule has 1 heterocycles. The Bertz CT molecular complexity index is 332. The third kappa shape index (κ3) is 6.51. The topological polar surface area (TPSA) is 56.3 Å². The Hall–Kier alpha value is -1.20. The third-order valence-corrected chi connectivity index (χ3v) is 2.18. The van der Waals surface area contributed by atoms with Gasteiger partial charge in [0.25, 0.3) is 0 Å². The molecule has 0 saturated heterocycles. The number of hydrogen-bond acceptors (Lipinski definition) is 5. The first-order chi connectivity index (χ1) is 8.72. The minimum atomic E-state index is 0.226. The van der Waals surface area contributed by atoms with Crippen LogP contribution >= 0.6 is 0 Å². The minimum absolute atomic E-state index is 0.226. The van der Waals surface area contributed by atoms with E-state index in [0.717, 1.165) is 25.2 Å². The van der Waals surface area contributed by atoms with Gasteiger partial charge >= 0.3 is 0 Å². The largest absolute Gasteiger partial charge is 0.474 e. The first-order valence-corrected chi connectivity index (χ1v) is 6.48. The zero-order valence-electron chi connectivity index (χ0n) is 11.5. The van der Waals surface area contributed by atoms with E-state index in [1.54, 1.807) is 12.4 Å². The number of rotatable bonds is 9. The van der Waals surface area contributed by atoms with E-state index < -0.39 is 0 Å². The molecular weight excluding hydrogens is 230 g/mol. The zero-order valence-corrected chi connectivity index (χ0v) is 11.5. The van der Waals surface area contributed by atoms with Crippen molar-refractivity contribution in [3.63, 3.8) is 0 Å². The van der Waals surface area contributed by atoms with E-state index in [-0.39, 0.29) is 6.10 Å². The van der Waals surface area contributed by atoms with Gasteiger partial charge in [0.15, 0.2) is 0 Å². The first kappa shape index (κ1) is 14.9. The Kier molecular flexibility index (Phi) is 7.29. The lowest BCUT2D eigenvalue weighted by Crippen LogP contribution is -2.16. The highest BCUT2D eigenvalue weighted by atomic mass is 16.5. The van der Waals surface area contributed by atoms with Crippen LogP contribution in [0.5, 0.6) is 5.88 Å². The van der Waals surface area contributed by atoms with E-state index in [0.29, 0.717) is 19.1 Å². The summed E-state index contributed by atoms with van der Waals surface area (Å²) in [7, 11) is 0. The molecule has 1 rings (SSSR count). The maximum Gasteiger partial charge on any atom is 0.232 e. The molecule has 0 spiro atoms. The Morgan fingerprint density at radius 3 is 2.83 bits per heavy atom. The highest BCUT2D eigenvalue weighted by Crippen LogP contribution is 2.05. The second-order valence-electron chi connectivity index (χ2n) is 4.29. The summed E-state index contributed by atoms with van der Waals surface area (Å²) in [5.41, 5.74) is 0.894. The highest BCUT2D eigenvalue weighted by Gasteiger charge is 2.00. The Morgan fingerprint density at radius 1 is 1.28 bits per heavy atom. The Morgan fingerprint density at radius 2 is 2.11 bits per heavy atom. The van der Waals surface area contributed by atoms with Gasteiger partial charge in [0, 0.05) is 12.7 Å². The van der Waals surface area contributed by atoms with E-state index in [1.807, 2.05) is 13.8 Å². The van der Waals surface area contributed by atoms with Crippen LogP contribution in [0.15, 0.2) is 12.4 Å². The van der Waals surface area contributed by atoms with Crippen molar-refractivity contribution in [2.75, 3.05) is 19.8 Å². The van der Waals surface area contributed by atoms with Gasteiger partial charge in [0.05, 0.1) is 24.6 Å². The molecule has 0 amide bonds. The van der Waals surface area contributed by atoms with Crippen molar-refractivity contribution in [1.29, 1.82) is 0 Å². The number of nitrogens with one attached hydrogen (secondary N) is 1. The smallest absolute Gasteiger partial charge is 0.232 e. The van der Waals surface area contributed by atoms with Crippen molar-refractivity contribution >= 4 is 0 Å². The van der Waals surface area contributed by atoms with Crippen molar-refractivity contribution < 1.29 is 9.47 Å². The molecule has 0 aliphatic carbocycles. The van der Waals surface area contributed by atoms with Crippen molar-refractivity contribution in [3.05, 3.63) is 18.1 Å². The number of nitrogens with zero attached hydrogens (tertiary/aromatic N) is 2. The lowest BCUT2D eigenvalue weighted by Gasteiger charge is -2.09. The van der Waals surface area contributed by atoms with Crippen molar-refractivity contribution in [2.24, 2.45) is 0 Å². The lowest BCUT2D eigenvalue weighted by atomic mass is 10.4. The van der Waals surface area contributed by atoms with Crippen LogP contribution < -0.4 is 10.1 Å². The van der Waals surface area contributed by atoms with Crippen LogP contribution in [0.3, 0.4) is 0 Å². The molecule has 0 bridgehead atoms. The van der Waals surface area contributed by atoms with Gasteiger partial charge in [-0.25, -0.2) is 4.98 Å². The standard InChI is InChI=1S/C13H23N3O2/c1-4-5-14-8-12-9-15-10-13(16-12)18-7-6-17-11(2)3/h9-11,14H,4-8H2,1-3H3. The summed E-state index contributed by atoms with van der Waals surface area (Å²) >= 11 is 0. The number of ether oxygens (including phenoxy) is 2. The van der Waals surface area contributed by atoms with E-state index in [9.17, 15) is 0 Å². The highest BCUT2D eigenvalue weighted by molar-refractivity contribution is 5.08. The van der Waals surface area contributed by atoms with E-state index in [4.69, 9.17) is 9.47 Å². The predicted molar refractivity (Wildman–Crippen MR) is 70.6 cm³/mol. The summed E-state index contributed by atoms with van der Waals surface area (Å²) < 4.78 is 10.9. The van der Waals surface area contributed by atoms with Crippen LogP contribution in [0.4, 0.5) is 0 Å². The van der Waals surface area contributed by atoms with Crippen molar-refractivity contribution in [3.8, 4) is 5.88 Å². The molecule has 5 nitrogen and oxygen atoms in total. The summed E-state index contributed by atoms with van der Waals surface area (Å²) in [5, 5.41) is 3.28. The third-order valence-electron chi connectivity index (χ3n) is 2.18. The van der Waals surface area contributed by atoms with Gasteiger partial charge < -0.3 is 14.8 Å². The second kappa shape index (κ2) is 8.83. The van der Waals surface area contributed by atoms with Crippen LogP contribution in [0, 0.1) is 0 Å². The molecule has 1 N–H and O–H groups in total. The monoisotopic (exact) mass is 253 g/mol. The van der Waals surface area contributed by atoms with Crippen molar-refractivity contribution in [1.82, 2.24) is 15.3 Å². The molecule has 0 unspecified atom stereocenters. The van der Waals surface area contributed by atoms with Gasteiger partial charge in [-0.05, 0) is 26.8 Å². The second-order valence-corrected chi connectivity index (χ2v) is 4.29. The van der Waals surface area contributed by atoms with E-state index in [2.05, 4.69) is 22.2 Å². The molecule has 1 aromatic heterocycles. The summed E-state index contributed by atoms with van der Waals surface area (Å²) in [6, 6.07) is 0. The summed E-state index contributed by atoms with van der Waals surface area (Å²) in [6.45, 7) is 8.90. The average molecular weight is 253 g/mol. The van der Waals surface area contributed by atoms with Gasteiger partial charge in [0.1, 0.15) is 6.61 Å². The molecule has 5 heteroatoms.